The predicted molar refractivity (Wildman–Crippen MR) is 78.9 cm³/mol. The summed E-state index contributed by atoms with van der Waals surface area (Å²) in [6.45, 7) is 4.17. The second-order valence-electron chi connectivity index (χ2n) is 5.78. The van der Waals surface area contributed by atoms with E-state index in [0.717, 1.165) is 19.0 Å². The fraction of sp³-hybridized carbons (Fsp3) is 0.667. The number of aromatic nitrogens is 1. The van der Waals surface area contributed by atoms with E-state index < -0.39 is 0 Å². The molecule has 2 rings (SSSR count). The van der Waals surface area contributed by atoms with Crippen molar-refractivity contribution < 1.29 is 0 Å². The summed E-state index contributed by atoms with van der Waals surface area (Å²) in [5.41, 5.74) is 7.22. The van der Waals surface area contributed by atoms with Crippen molar-refractivity contribution in [1.29, 1.82) is 0 Å². The molecule has 1 atom stereocenters. The Bertz CT molecular complexity index is 358. The molecule has 1 unspecified atom stereocenters. The molecule has 0 spiro atoms. The number of pyridine rings is 1. The third-order valence-electron chi connectivity index (χ3n) is 4.01. The zero-order valence-corrected chi connectivity index (χ0v) is 12.1. The minimum absolute atomic E-state index is 0.328. The van der Waals surface area contributed by atoms with Gasteiger partial charge in [0.25, 0.3) is 0 Å². The fourth-order valence-electron chi connectivity index (χ4n) is 3.03. The molecule has 0 saturated carbocycles. The molecule has 1 aliphatic rings. The number of hydrogen-bond donors (Lipinski definition) is 1. The van der Waals surface area contributed by atoms with E-state index in [9.17, 15) is 0 Å². The van der Waals surface area contributed by atoms with Gasteiger partial charge in [-0.25, -0.2) is 0 Å². The quantitative estimate of drug-likeness (QED) is 0.870. The first kappa shape index (κ1) is 14.4. The average Bonchev–Trinajstić information content (AvgIpc) is 2.42. The Morgan fingerprint density at radius 1 is 1.42 bits per heavy atom. The Hall–Kier alpha value is -0.970. The number of nitrogens with two attached hydrogens (primary N) is 1. The highest BCUT2D eigenvalue weighted by molar-refractivity contribution is 5.14. The van der Waals surface area contributed by atoms with Gasteiger partial charge < -0.3 is 10.6 Å². The lowest BCUT2D eigenvalue weighted by Gasteiger charge is -2.38. The monoisotopic (exact) mass is 262 g/mol. The van der Waals surface area contributed by atoms with E-state index in [1.165, 1.54) is 24.9 Å². The smallest absolute Gasteiger partial charge is 0.0485 e. The largest absolute Gasteiger partial charge is 0.329 e. The van der Waals surface area contributed by atoms with Crippen molar-refractivity contribution >= 4 is 0 Å². The molecule has 0 radical (unpaired) electrons. The molecule has 4 nitrogen and oxygen atoms in total. The molecular weight excluding hydrogens is 236 g/mol. The van der Waals surface area contributed by atoms with Crippen LogP contribution in [0.25, 0.3) is 0 Å². The molecule has 2 heterocycles. The fourth-order valence-corrected chi connectivity index (χ4v) is 3.03. The lowest BCUT2D eigenvalue weighted by Crippen LogP contribution is -2.41. The summed E-state index contributed by atoms with van der Waals surface area (Å²) < 4.78 is 0. The van der Waals surface area contributed by atoms with Crippen molar-refractivity contribution in [3.05, 3.63) is 30.1 Å². The SMILES string of the molecule is CN(C)CC1CCN(C(CN)c2cccnc2)CC1. The van der Waals surface area contributed by atoms with Crippen LogP contribution in [0.3, 0.4) is 0 Å². The van der Waals surface area contributed by atoms with Crippen LogP contribution in [0.4, 0.5) is 0 Å². The number of piperidine rings is 1. The second-order valence-corrected chi connectivity index (χ2v) is 5.78. The van der Waals surface area contributed by atoms with E-state index in [1.54, 1.807) is 0 Å². The molecule has 1 fully saturated rings. The van der Waals surface area contributed by atoms with E-state index in [1.807, 2.05) is 18.5 Å². The zero-order valence-electron chi connectivity index (χ0n) is 12.1. The predicted octanol–water partition coefficient (Wildman–Crippen LogP) is 1.35. The Morgan fingerprint density at radius 3 is 2.68 bits per heavy atom. The van der Waals surface area contributed by atoms with Crippen LogP contribution in [0.15, 0.2) is 24.5 Å². The average molecular weight is 262 g/mol. The third kappa shape index (κ3) is 4.00. The summed E-state index contributed by atoms with van der Waals surface area (Å²) in [7, 11) is 4.31. The Kier molecular flexibility index (Phi) is 5.31. The molecule has 1 aliphatic heterocycles. The standard InChI is InChI=1S/C15H26N4/c1-18(2)12-13-5-8-19(9-6-13)15(10-16)14-4-3-7-17-11-14/h3-4,7,11,13,15H,5-6,8-10,12,16H2,1-2H3. The summed E-state index contributed by atoms with van der Waals surface area (Å²) in [4.78, 5) is 9.02. The summed E-state index contributed by atoms with van der Waals surface area (Å²) in [5, 5.41) is 0. The first-order chi connectivity index (χ1) is 9.20. The van der Waals surface area contributed by atoms with E-state index in [2.05, 4.69) is 34.9 Å². The highest BCUT2D eigenvalue weighted by Crippen LogP contribution is 2.26. The van der Waals surface area contributed by atoms with Gasteiger partial charge in [0.15, 0.2) is 0 Å². The topological polar surface area (TPSA) is 45.4 Å². The van der Waals surface area contributed by atoms with Crippen LogP contribution in [-0.4, -0.2) is 55.1 Å². The molecule has 4 heteroatoms. The van der Waals surface area contributed by atoms with Crippen molar-refractivity contribution in [2.75, 3.05) is 40.3 Å². The first-order valence-electron chi connectivity index (χ1n) is 7.19. The van der Waals surface area contributed by atoms with Crippen molar-refractivity contribution in [3.63, 3.8) is 0 Å². The first-order valence-corrected chi connectivity index (χ1v) is 7.19. The second kappa shape index (κ2) is 6.98. The zero-order chi connectivity index (χ0) is 13.7. The van der Waals surface area contributed by atoms with Crippen LogP contribution < -0.4 is 5.73 Å². The number of nitrogens with zero attached hydrogens (tertiary/aromatic N) is 3. The van der Waals surface area contributed by atoms with E-state index in [4.69, 9.17) is 5.73 Å². The van der Waals surface area contributed by atoms with Gasteiger partial charge in [0.05, 0.1) is 0 Å². The van der Waals surface area contributed by atoms with Gasteiger partial charge >= 0.3 is 0 Å². The highest BCUT2D eigenvalue weighted by atomic mass is 15.2. The molecule has 1 saturated heterocycles. The van der Waals surface area contributed by atoms with Gasteiger partial charge in [0.1, 0.15) is 0 Å². The van der Waals surface area contributed by atoms with E-state index in [-0.39, 0.29) is 0 Å². The van der Waals surface area contributed by atoms with Gasteiger partial charge in [0.2, 0.25) is 0 Å². The molecule has 2 N–H and O–H groups in total. The maximum atomic E-state index is 5.97. The summed E-state index contributed by atoms with van der Waals surface area (Å²) >= 11 is 0. The van der Waals surface area contributed by atoms with Crippen LogP contribution in [0.5, 0.6) is 0 Å². The van der Waals surface area contributed by atoms with Gasteiger partial charge in [-0.3, -0.25) is 9.88 Å². The van der Waals surface area contributed by atoms with Crippen LogP contribution in [0, 0.1) is 5.92 Å². The molecule has 1 aromatic rings. The van der Waals surface area contributed by atoms with E-state index >= 15 is 0 Å². The maximum Gasteiger partial charge on any atom is 0.0485 e. The molecule has 0 bridgehead atoms. The molecule has 106 valence electrons. The van der Waals surface area contributed by atoms with Gasteiger partial charge in [-0.15, -0.1) is 0 Å². The van der Waals surface area contributed by atoms with Gasteiger partial charge in [-0.05, 0) is 57.6 Å². The molecule has 0 amide bonds. The van der Waals surface area contributed by atoms with Gasteiger partial charge in [-0.2, -0.15) is 0 Å². The molecular formula is C15H26N4. The third-order valence-corrected chi connectivity index (χ3v) is 4.01. The Balaban J connectivity index is 1.92. The van der Waals surface area contributed by atoms with Gasteiger partial charge in [-0.1, -0.05) is 6.07 Å². The maximum absolute atomic E-state index is 5.97. The summed E-state index contributed by atoms with van der Waals surface area (Å²) in [6.07, 6.45) is 6.31. The lowest BCUT2D eigenvalue weighted by atomic mass is 9.94. The van der Waals surface area contributed by atoms with Crippen molar-refractivity contribution in [2.24, 2.45) is 11.7 Å². The molecule has 19 heavy (non-hydrogen) atoms. The van der Waals surface area contributed by atoms with Crippen molar-refractivity contribution in [1.82, 2.24) is 14.8 Å². The van der Waals surface area contributed by atoms with Crippen molar-refractivity contribution in [3.8, 4) is 0 Å². The molecule has 0 aromatic carbocycles. The minimum atomic E-state index is 0.328. The van der Waals surface area contributed by atoms with E-state index in [0.29, 0.717) is 12.6 Å². The summed E-state index contributed by atoms with van der Waals surface area (Å²) in [5.74, 6) is 0.832. The normalized spacial score (nSPS) is 19.8. The minimum Gasteiger partial charge on any atom is -0.329 e. The van der Waals surface area contributed by atoms with Crippen molar-refractivity contribution in [2.45, 2.75) is 18.9 Å². The number of rotatable bonds is 5. The molecule has 1 aromatic heterocycles. The summed E-state index contributed by atoms with van der Waals surface area (Å²) in [6, 6.07) is 4.46. The number of likely N-dealkylation sites (tertiary alicyclic amines) is 1. The molecule has 0 aliphatic carbocycles. The highest BCUT2D eigenvalue weighted by Gasteiger charge is 2.25. The Labute approximate surface area is 116 Å². The van der Waals surface area contributed by atoms with Crippen LogP contribution in [0.1, 0.15) is 24.4 Å². The van der Waals surface area contributed by atoms with Crippen LogP contribution in [-0.2, 0) is 0 Å². The Morgan fingerprint density at radius 2 is 2.16 bits per heavy atom. The lowest BCUT2D eigenvalue weighted by molar-refractivity contribution is 0.122. The number of hydrogen-bond acceptors (Lipinski definition) is 4. The van der Waals surface area contributed by atoms with Crippen LogP contribution >= 0.6 is 0 Å². The van der Waals surface area contributed by atoms with Gasteiger partial charge in [0, 0.05) is 31.5 Å². The van der Waals surface area contributed by atoms with Crippen LogP contribution in [0.2, 0.25) is 0 Å².